The predicted molar refractivity (Wildman–Crippen MR) is 98.7 cm³/mol. The summed E-state index contributed by atoms with van der Waals surface area (Å²) in [6.07, 6.45) is 5.64. The molecule has 24 heavy (non-hydrogen) atoms. The van der Waals surface area contributed by atoms with Crippen LogP contribution in [0.25, 0.3) is 21.9 Å². The number of anilines is 1. The molecule has 4 rings (SSSR count). The van der Waals surface area contributed by atoms with E-state index in [-0.39, 0.29) is 0 Å². The molecule has 4 aromatic rings. The van der Waals surface area contributed by atoms with Crippen LogP contribution in [0.4, 0.5) is 5.82 Å². The number of hydrogen-bond acceptors (Lipinski definition) is 3. The molecule has 2 aromatic carbocycles. The Morgan fingerprint density at radius 1 is 0.750 bits per heavy atom. The van der Waals surface area contributed by atoms with E-state index in [1.54, 1.807) is 0 Å². The maximum Gasteiger partial charge on any atom is 0.135 e. The SMILES string of the molecule is c1ccc(CNc2ncc(-c3ccccc3)c3ccncc23)cc1. The first-order valence-electron chi connectivity index (χ1n) is 7.98. The number of aromatic nitrogens is 2. The molecule has 116 valence electrons. The van der Waals surface area contributed by atoms with Crippen molar-refractivity contribution >= 4 is 16.6 Å². The normalized spacial score (nSPS) is 10.7. The molecule has 0 fully saturated rings. The summed E-state index contributed by atoms with van der Waals surface area (Å²) in [4.78, 5) is 8.93. The van der Waals surface area contributed by atoms with Crippen molar-refractivity contribution in [1.82, 2.24) is 9.97 Å². The Bertz CT molecular complexity index is 950. The van der Waals surface area contributed by atoms with Gasteiger partial charge in [0.2, 0.25) is 0 Å². The minimum Gasteiger partial charge on any atom is -0.365 e. The number of fused-ring (bicyclic) bond motifs is 1. The Hall–Kier alpha value is -3.20. The van der Waals surface area contributed by atoms with E-state index in [1.165, 1.54) is 5.56 Å². The third kappa shape index (κ3) is 2.84. The van der Waals surface area contributed by atoms with Crippen LogP contribution in [-0.2, 0) is 6.54 Å². The second kappa shape index (κ2) is 6.50. The molecule has 0 aliphatic carbocycles. The second-order valence-electron chi connectivity index (χ2n) is 5.65. The number of pyridine rings is 2. The van der Waals surface area contributed by atoms with E-state index in [4.69, 9.17) is 0 Å². The monoisotopic (exact) mass is 311 g/mol. The molecule has 2 heterocycles. The zero-order chi connectivity index (χ0) is 16.2. The quantitative estimate of drug-likeness (QED) is 0.582. The minimum absolute atomic E-state index is 0.739. The van der Waals surface area contributed by atoms with Gasteiger partial charge in [-0.15, -0.1) is 0 Å². The van der Waals surface area contributed by atoms with Crippen molar-refractivity contribution in [3.8, 4) is 11.1 Å². The van der Waals surface area contributed by atoms with E-state index in [0.29, 0.717) is 0 Å². The number of rotatable bonds is 4. The lowest BCUT2D eigenvalue weighted by molar-refractivity contribution is 1.12. The average molecular weight is 311 g/mol. The molecule has 1 N–H and O–H groups in total. The van der Waals surface area contributed by atoms with Crippen LogP contribution in [0.15, 0.2) is 85.3 Å². The van der Waals surface area contributed by atoms with E-state index in [9.17, 15) is 0 Å². The first-order chi connectivity index (χ1) is 11.9. The second-order valence-corrected chi connectivity index (χ2v) is 5.65. The first kappa shape index (κ1) is 14.4. The van der Waals surface area contributed by atoms with Crippen molar-refractivity contribution in [2.45, 2.75) is 6.54 Å². The molecule has 0 unspecified atom stereocenters. The Morgan fingerprint density at radius 2 is 1.50 bits per heavy atom. The van der Waals surface area contributed by atoms with Gasteiger partial charge >= 0.3 is 0 Å². The molecule has 0 radical (unpaired) electrons. The van der Waals surface area contributed by atoms with E-state index < -0.39 is 0 Å². The average Bonchev–Trinajstić information content (AvgIpc) is 2.67. The Kier molecular flexibility index (Phi) is 3.90. The molecule has 0 aliphatic heterocycles. The van der Waals surface area contributed by atoms with Crippen molar-refractivity contribution in [2.24, 2.45) is 0 Å². The van der Waals surface area contributed by atoms with Crippen molar-refractivity contribution in [1.29, 1.82) is 0 Å². The zero-order valence-electron chi connectivity index (χ0n) is 13.2. The smallest absolute Gasteiger partial charge is 0.135 e. The molecule has 0 amide bonds. The highest BCUT2D eigenvalue weighted by Gasteiger charge is 2.09. The molecule has 0 bridgehead atoms. The van der Waals surface area contributed by atoms with Crippen molar-refractivity contribution in [3.05, 3.63) is 90.9 Å². The lowest BCUT2D eigenvalue weighted by Gasteiger charge is -2.12. The summed E-state index contributed by atoms with van der Waals surface area (Å²) < 4.78 is 0. The molecular formula is C21H17N3. The Labute approximate surface area is 141 Å². The fourth-order valence-electron chi connectivity index (χ4n) is 2.86. The van der Waals surface area contributed by atoms with Crippen molar-refractivity contribution < 1.29 is 0 Å². The molecule has 3 heteroatoms. The van der Waals surface area contributed by atoms with Gasteiger partial charge in [0.05, 0.1) is 0 Å². The lowest BCUT2D eigenvalue weighted by Crippen LogP contribution is -2.02. The van der Waals surface area contributed by atoms with Crippen LogP contribution in [0, 0.1) is 0 Å². The van der Waals surface area contributed by atoms with Gasteiger partial charge < -0.3 is 5.32 Å². The van der Waals surface area contributed by atoms with Crippen molar-refractivity contribution in [2.75, 3.05) is 5.32 Å². The largest absolute Gasteiger partial charge is 0.365 e. The van der Waals surface area contributed by atoms with Crippen LogP contribution in [0.5, 0.6) is 0 Å². The number of nitrogens with one attached hydrogen (secondary N) is 1. The highest BCUT2D eigenvalue weighted by Crippen LogP contribution is 2.30. The van der Waals surface area contributed by atoms with Gasteiger partial charge in [-0.25, -0.2) is 4.98 Å². The summed E-state index contributed by atoms with van der Waals surface area (Å²) >= 11 is 0. The van der Waals surface area contributed by atoms with Gasteiger partial charge in [-0.1, -0.05) is 60.7 Å². The zero-order valence-corrected chi connectivity index (χ0v) is 13.2. The van der Waals surface area contributed by atoms with E-state index in [1.807, 2.05) is 61.1 Å². The van der Waals surface area contributed by atoms with E-state index in [0.717, 1.165) is 34.3 Å². The van der Waals surface area contributed by atoms with Gasteiger partial charge in [0.25, 0.3) is 0 Å². The molecule has 0 saturated carbocycles. The summed E-state index contributed by atoms with van der Waals surface area (Å²) in [5, 5.41) is 5.62. The third-order valence-corrected chi connectivity index (χ3v) is 4.08. The molecule has 0 saturated heterocycles. The Morgan fingerprint density at radius 3 is 2.29 bits per heavy atom. The van der Waals surface area contributed by atoms with Gasteiger partial charge in [0.15, 0.2) is 0 Å². The maximum absolute atomic E-state index is 4.65. The highest BCUT2D eigenvalue weighted by molar-refractivity contribution is 6.01. The summed E-state index contributed by atoms with van der Waals surface area (Å²) in [5.41, 5.74) is 3.51. The van der Waals surface area contributed by atoms with Gasteiger partial charge in [-0.3, -0.25) is 4.98 Å². The lowest BCUT2D eigenvalue weighted by atomic mass is 10.0. The number of hydrogen-bond donors (Lipinski definition) is 1. The summed E-state index contributed by atoms with van der Waals surface area (Å²) in [7, 11) is 0. The van der Waals surface area contributed by atoms with Crippen LogP contribution in [0.3, 0.4) is 0 Å². The van der Waals surface area contributed by atoms with E-state index >= 15 is 0 Å². The van der Waals surface area contributed by atoms with Crippen LogP contribution in [0.1, 0.15) is 5.56 Å². The van der Waals surface area contributed by atoms with Gasteiger partial charge in [-0.05, 0) is 22.6 Å². The standard InChI is InChI=1S/C21H17N3/c1-3-7-16(8-4-1)13-23-21-20-14-22-12-11-18(20)19(15-24-21)17-9-5-2-6-10-17/h1-12,14-15H,13H2,(H,23,24). The molecule has 0 spiro atoms. The van der Waals surface area contributed by atoms with E-state index in [2.05, 4.69) is 39.6 Å². The number of nitrogens with zero attached hydrogens (tertiary/aromatic N) is 2. The number of benzene rings is 2. The fourth-order valence-corrected chi connectivity index (χ4v) is 2.86. The highest BCUT2D eigenvalue weighted by atomic mass is 15.0. The summed E-state index contributed by atoms with van der Waals surface area (Å²) in [6, 6.07) is 22.7. The Balaban J connectivity index is 1.73. The molecule has 0 atom stereocenters. The van der Waals surface area contributed by atoms with Crippen LogP contribution >= 0.6 is 0 Å². The molecule has 3 nitrogen and oxygen atoms in total. The molecule has 2 aromatic heterocycles. The first-order valence-corrected chi connectivity index (χ1v) is 7.98. The maximum atomic E-state index is 4.65. The molecule has 0 aliphatic rings. The third-order valence-electron chi connectivity index (χ3n) is 4.08. The molecular weight excluding hydrogens is 294 g/mol. The van der Waals surface area contributed by atoms with Crippen LogP contribution < -0.4 is 5.32 Å². The van der Waals surface area contributed by atoms with Crippen LogP contribution in [0.2, 0.25) is 0 Å². The topological polar surface area (TPSA) is 37.8 Å². The predicted octanol–water partition coefficient (Wildman–Crippen LogP) is 4.91. The fraction of sp³-hybridized carbons (Fsp3) is 0.0476. The van der Waals surface area contributed by atoms with Gasteiger partial charge in [0, 0.05) is 36.1 Å². The summed E-state index contributed by atoms with van der Waals surface area (Å²) in [5.74, 6) is 0.863. The van der Waals surface area contributed by atoms with Gasteiger partial charge in [-0.2, -0.15) is 0 Å². The van der Waals surface area contributed by atoms with Crippen LogP contribution in [-0.4, -0.2) is 9.97 Å². The van der Waals surface area contributed by atoms with Gasteiger partial charge in [0.1, 0.15) is 5.82 Å². The summed E-state index contributed by atoms with van der Waals surface area (Å²) in [6.45, 7) is 0.739. The minimum atomic E-state index is 0.739. The van der Waals surface area contributed by atoms with Crippen molar-refractivity contribution in [3.63, 3.8) is 0 Å².